The Labute approximate surface area is 107 Å². The molecule has 0 atom stereocenters. The van der Waals surface area contributed by atoms with Crippen LogP contribution in [0.1, 0.15) is 18.4 Å². The molecular formula is C14H19NO3. The minimum absolute atomic E-state index is 0.00503. The lowest BCUT2D eigenvalue weighted by molar-refractivity contribution is -0.124. The molecule has 4 nitrogen and oxygen atoms in total. The Morgan fingerprint density at radius 1 is 1.50 bits per heavy atom. The molecule has 1 N–H and O–H groups in total. The number of aryl methyl sites for hydroxylation is 1. The second-order valence-electron chi connectivity index (χ2n) is 4.96. The van der Waals surface area contributed by atoms with Crippen LogP contribution >= 0.6 is 0 Å². The zero-order valence-corrected chi connectivity index (χ0v) is 11.1. The summed E-state index contributed by atoms with van der Waals surface area (Å²) in [6, 6.07) is 5.63. The zero-order chi connectivity index (χ0) is 13.3. The van der Waals surface area contributed by atoms with Crippen LogP contribution < -0.4 is 9.64 Å². The Balaban J connectivity index is 2.21. The van der Waals surface area contributed by atoms with Gasteiger partial charge < -0.3 is 14.7 Å². The van der Waals surface area contributed by atoms with Crippen molar-refractivity contribution in [2.45, 2.75) is 19.8 Å². The number of hydrogen-bond donors (Lipinski definition) is 1. The van der Waals surface area contributed by atoms with E-state index in [1.54, 1.807) is 19.1 Å². The Morgan fingerprint density at radius 3 is 2.61 bits per heavy atom. The van der Waals surface area contributed by atoms with Crippen molar-refractivity contribution in [2.75, 3.05) is 25.7 Å². The Morgan fingerprint density at radius 2 is 2.17 bits per heavy atom. The summed E-state index contributed by atoms with van der Waals surface area (Å²) in [6.07, 6.45) is 1.56. The zero-order valence-electron chi connectivity index (χ0n) is 11.1. The molecule has 2 rings (SSSR count). The minimum Gasteiger partial charge on any atom is -0.496 e. The standard InChI is InChI=1S/C14H19NO3/c1-10-8-11(4-5-12(10)18-3)15(2)13(17)14(9-16)6-7-14/h4-5,8,16H,6-7,9H2,1-3H3. The van der Waals surface area contributed by atoms with Crippen LogP contribution in [0.4, 0.5) is 5.69 Å². The third kappa shape index (κ3) is 2.08. The van der Waals surface area contributed by atoms with Gasteiger partial charge >= 0.3 is 0 Å². The van der Waals surface area contributed by atoms with Crippen LogP contribution in [0.3, 0.4) is 0 Å². The summed E-state index contributed by atoms with van der Waals surface area (Å²) < 4.78 is 5.20. The molecule has 1 fully saturated rings. The van der Waals surface area contributed by atoms with Crippen LogP contribution in [0.15, 0.2) is 18.2 Å². The molecule has 0 aliphatic heterocycles. The number of carbonyl (C=O) groups excluding carboxylic acids is 1. The van der Waals surface area contributed by atoms with Gasteiger partial charge in [-0.3, -0.25) is 4.79 Å². The van der Waals surface area contributed by atoms with Crippen molar-refractivity contribution in [3.05, 3.63) is 23.8 Å². The number of aliphatic hydroxyl groups is 1. The van der Waals surface area contributed by atoms with Crippen molar-refractivity contribution >= 4 is 11.6 Å². The molecule has 0 spiro atoms. The van der Waals surface area contributed by atoms with E-state index in [0.29, 0.717) is 0 Å². The first-order valence-corrected chi connectivity index (χ1v) is 6.08. The van der Waals surface area contributed by atoms with E-state index >= 15 is 0 Å². The average Bonchev–Trinajstić information content (AvgIpc) is 3.18. The third-order valence-corrected chi connectivity index (χ3v) is 3.68. The highest BCUT2D eigenvalue weighted by molar-refractivity contribution is 5.99. The van der Waals surface area contributed by atoms with Crippen LogP contribution in [0, 0.1) is 12.3 Å². The lowest BCUT2D eigenvalue weighted by atomic mass is 10.1. The predicted molar refractivity (Wildman–Crippen MR) is 69.9 cm³/mol. The van der Waals surface area contributed by atoms with Gasteiger partial charge in [-0.2, -0.15) is 0 Å². The lowest BCUT2D eigenvalue weighted by Gasteiger charge is -2.23. The highest BCUT2D eigenvalue weighted by Gasteiger charge is 2.50. The van der Waals surface area contributed by atoms with E-state index in [0.717, 1.165) is 29.8 Å². The van der Waals surface area contributed by atoms with E-state index in [-0.39, 0.29) is 12.5 Å². The number of carbonyl (C=O) groups is 1. The smallest absolute Gasteiger partial charge is 0.235 e. The maximum Gasteiger partial charge on any atom is 0.235 e. The molecule has 1 amide bonds. The fourth-order valence-electron chi connectivity index (χ4n) is 2.13. The van der Waals surface area contributed by atoms with E-state index in [2.05, 4.69) is 0 Å². The van der Waals surface area contributed by atoms with Gasteiger partial charge in [0.15, 0.2) is 0 Å². The number of methoxy groups -OCH3 is 1. The van der Waals surface area contributed by atoms with Crippen molar-refractivity contribution in [3.8, 4) is 5.75 Å². The summed E-state index contributed by atoms with van der Waals surface area (Å²) in [6.45, 7) is 1.88. The van der Waals surface area contributed by atoms with Gasteiger partial charge in [0.2, 0.25) is 5.91 Å². The largest absolute Gasteiger partial charge is 0.496 e. The summed E-state index contributed by atoms with van der Waals surface area (Å²) in [5.41, 5.74) is 1.30. The van der Waals surface area contributed by atoms with Crippen LogP contribution in [-0.4, -0.2) is 31.8 Å². The van der Waals surface area contributed by atoms with Crippen molar-refractivity contribution in [3.63, 3.8) is 0 Å². The lowest BCUT2D eigenvalue weighted by Crippen LogP contribution is -2.36. The fourth-order valence-corrected chi connectivity index (χ4v) is 2.13. The van der Waals surface area contributed by atoms with Gasteiger partial charge in [0.05, 0.1) is 19.1 Å². The summed E-state index contributed by atoms with van der Waals surface area (Å²) in [5.74, 6) is 0.803. The summed E-state index contributed by atoms with van der Waals surface area (Å²) in [4.78, 5) is 13.9. The molecule has 0 unspecified atom stereocenters. The van der Waals surface area contributed by atoms with Crippen LogP contribution in [0.25, 0.3) is 0 Å². The second-order valence-corrected chi connectivity index (χ2v) is 4.96. The van der Waals surface area contributed by atoms with E-state index in [1.165, 1.54) is 0 Å². The highest BCUT2D eigenvalue weighted by atomic mass is 16.5. The molecule has 1 aromatic rings. The minimum atomic E-state index is -0.525. The van der Waals surface area contributed by atoms with Gasteiger partial charge in [0.1, 0.15) is 5.75 Å². The number of rotatable bonds is 4. The molecule has 1 saturated carbocycles. The SMILES string of the molecule is COc1ccc(N(C)C(=O)C2(CO)CC2)cc1C. The number of benzene rings is 1. The molecule has 18 heavy (non-hydrogen) atoms. The summed E-state index contributed by atoms with van der Waals surface area (Å²) in [7, 11) is 3.38. The molecule has 0 heterocycles. The number of amides is 1. The first-order valence-electron chi connectivity index (χ1n) is 6.08. The van der Waals surface area contributed by atoms with Gasteiger partial charge in [0.25, 0.3) is 0 Å². The van der Waals surface area contributed by atoms with Gasteiger partial charge in [-0.15, -0.1) is 0 Å². The first kappa shape index (κ1) is 12.9. The third-order valence-electron chi connectivity index (χ3n) is 3.68. The average molecular weight is 249 g/mol. The van der Waals surface area contributed by atoms with Crippen LogP contribution in [-0.2, 0) is 4.79 Å². The van der Waals surface area contributed by atoms with Crippen molar-refractivity contribution in [1.29, 1.82) is 0 Å². The molecule has 0 aromatic heterocycles. The number of nitrogens with zero attached hydrogens (tertiary/aromatic N) is 1. The number of hydrogen-bond acceptors (Lipinski definition) is 3. The van der Waals surface area contributed by atoms with E-state index < -0.39 is 5.41 Å². The maximum atomic E-state index is 12.3. The molecule has 0 bridgehead atoms. The molecule has 4 heteroatoms. The van der Waals surface area contributed by atoms with Crippen molar-refractivity contribution in [1.82, 2.24) is 0 Å². The monoisotopic (exact) mass is 249 g/mol. The predicted octanol–water partition coefficient (Wildman–Crippen LogP) is 1.74. The summed E-state index contributed by atoms with van der Waals surface area (Å²) >= 11 is 0. The highest BCUT2D eigenvalue weighted by Crippen LogP contribution is 2.47. The molecular weight excluding hydrogens is 230 g/mol. The molecule has 0 radical (unpaired) electrons. The van der Waals surface area contributed by atoms with Crippen molar-refractivity contribution in [2.24, 2.45) is 5.41 Å². The van der Waals surface area contributed by atoms with Crippen LogP contribution in [0.2, 0.25) is 0 Å². The maximum absolute atomic E-state index is 12.3. The van der Waals surface area contributed by atoms with E-state index in [9.17, 15) is 9.90 Å². The van der Waals surface area contributed by atoms with Gasteiger partial charge in [-0.25, -0.2) is 0 Å². The molecule has 1 aliphatic carbocycles. The fraction of sp³-hybridized carbons (Fsp3) is 0.500. The van der Waals surface area contributed by atoms with Crippen molar-refractivity contribution < 1.29 is 14.6 Å². The van der Waals surface area contributed by atoms with Gasteiger partial charge in [0, 0.05) is 12.7 Å². The van der Waals surface area contributed by atoms with E-state index in [1.807, 2.05) is 25.1 Å². The Kier molecular flexibility index (Phi) is 3.30. The summed E-state index contributed by atoms with van der Waals surface area (Å²) in [5, 5.41) is 9.29. The quantitative estimate of drug-likeness (QED) is 0.884. The molecule has 1 aliphatic rings. The Hall–Kier alpha value is -1.55. The molecule has 0 saturated heterocycles. The molecule has 98 valence electrons. The normalized spacial score (nSPS) is 16.2. The Bertz CT molecular complexity index is 466. The topological polar surface area (TPSA) is 49.8 Å². The first-order chi connectivity index (χ1) is 8.54. The van der Waals surface area contributed by atoms with Crippen LogP contribution in [0.5, 0.6) is 5.75 Å². The van der Waals surface area contributed by atoms with Gasteiger partial charge in [-0.05, 0) is 43.5 Å². The van der Waals surface area contributed by atoms with E-state index in [4.69, 9.17) is 4.74 Å². The number of ether oxygens (including phenoxy) is 1. The molecule has 1 aromatic carbocycles. The van der Waals surface area contributed by atoms with Gasteiger partial charge in [-0.1, -0.05) is 0 Å². The number of anilines is 1. The second kappa shape index (κ2) is 4.61. The number of aliphatic hydroxyl groups excluding tert-OH is 1.